The Kier molecular flexibility index (Phi) is 8.22. The maximum atomic E-state index is 13.6. The number of hydrogen-bond donors (Lipinski definition) is 3. The molecule has 41 heavy (non-hydrogen) atoms. The third kappa shape index (κ3) is 6.26. The summed E-state index contributed by atoms with van der Waals surface area (Å²) in [4.78, 5) is 16.2. The van der Waals surface area contributed by atoms with Crippen molar-refractivity contribution >= 4 is 21.4 Å². The SMILES string of the molecule is COc1ccc(S(=O)(=O)c2c(C)cc(-c3ccc(OC(F)(F)F)c(Cc4cccnc4)c3N)cc2C(=O)NO)cc1. The van der Waals surface area contributed by atoms with E-state index in [4.69, 9.17) is 10.5 Å². The summed E-state index contributed by atoms with van der Waals surface area (Å²) in [7, 11) is -2.85. The molecule has 214 valence electrons. The van der Waals surface area contributed by atoms with Crippen LogP contribution in [0.5, 0.6) is 11.5 Å². The number of rotatable bonds is 8. The van der Waals surface area contributed by atoms with Crippen molar-refractivity contribution in [3.8, 4) is 22.6 Å². The molecule has 1 heterocycles. The topological polar surface area (TPSA) is 141 Å². The van der Waals surface area contributed by atoms with Gasteiger partial charge in [-0.2, -0.15) is 0 Å². The van der Waals surface area contributed by atoms with E-state index in [1.807, 2.05) is 0 Å². The van der Waals surface area contributed by atoms with Crippen LogP contribution in [0.25, 0.3) is 11.1 Å². The fraction of sp³-hybridized carbons (Fsp3) is 0.143. The Labute approximate surface area is 233 Å². The van der Waals surface area contributed by atoms with Gasteiger partial charge in [-0.05, 0) is 72.1 Å². The molecule has 0 aliphatic heterocycles. The van der Waals surface area contributed by atoms with Crippen molar-refractivity contribution in [3.05, 3.63) is 95.3 Å². The fourth-order valence-electron chi connectivity index (χ4n) is 4.39. The molecule has 1 amide bonds. The number of carbonyl (C=O) groups is 1. The Morgan fingerprint density at radius 3 is 2.39 bits per heavy atom. The van der Waals surface area contributed by atoms with Crippen LogP contribution in [-0.2, 0) is 16.3 Å². The molecule has 0 radical (unpaired) electrons. The minimum absolute atomic E-state index is 0.00793. The number of pyridine rings is 1. The number of carbonyl (C=O) groups excluding carboxylic acids is 1. The highest BCUT2D eigenvalue weighted by molar-refractivity contribution is 7.91. The van der Waals surface area contributed by atoms with E-state index in [1.165, 1.54) is 74.4 Å². The Morgan fingerprint density at radius 1 is 1.10 bits per heavy atom. The number of hydrogen-bond acceptors (Lipinski definition) is 8. The van der Waals surface area contributed by atoms with Gasteiger partial charge in [-0.25, -0.2) is 13.9 Å². The average molecular weight is 588 g/mol. The smallest absolute Gasteiger partial charge is 0.497 e. The van der Waals surface area contributed by atoms with Crippen LogP contribution in [0.3, 0.4) is 0 Å². The van der Waals surface area contributed by atoms with Crippen molar-refractivity contribution in [3.63, 3.8) is 0 Å². The van der Waals surface area contributed by atoms with Gasteiger partial charge >= 0.3 is 6.36 Å². The number of hydroxylamine groups is 1. The normalized spacial score (nSPS) is 11.7. The third-order valence-corrected chi connectivity index (χ3v) is 8.19. The number of nitrogens with two attached hydrogens (primary N) is 1. The zero-order valence-electron chi connectivity index (χ0n) is 21.7. The molecule has 0 atom stereocenters. The van der Waals surface area contributed by atoms with Crippen molar-refractivity contribution < 1.29 is 41.1 Å². The Hall–Kier alpha value is -4.62. The standard InChI is InChI=1S/C28H24F3N3O6S/c1-16-12-18(14-23(27(35)34-36)26(16)41(37,38)20-7-5-19(39-2)6-8-20)21-9-10-24(40-28(29,30)31)22(25(21)32)13-17-4-3-11-33-15-17/h3-12,14-15,36H,13,32H2,1-2H3,(H,34,35). The van der Waals surface area contributed by atoms with E-state index in [0.717, 1.165) is 6.07 Å². The second kappa shape index (κ2) is 11.5. The van der Waals surface area contributed by atoms with Gasteiger partial charge in [-0.1, -0.05) is 12.1 Å². The van der Waals surface area contributed by atoms with Gasteiger partial charge in [0, 0.05) is 35.6 Å². The molecule has 0 spiro atoms. The lowest BCUT2D eigenvalue weighted by Crippen LogP contribution is -2.22. The van der Waals surface area contributed by atoms with Crippen LogP contribution in [0.4, 0.5) is 18.9 Å². The van der Waals surface area contributed by atoms with Gasteiger partial charge in [0.1, 0.15) is 11.5 Å². The van der Waals surface area contributed by atoms with E-state index in [-0.39, 0.29) is 44.2 Å². The second-order valence-electron chi connectivity index (χ2n) is 8.88. The number of aryl methyl sites for hydroxylation is 1. The van der Waals surface area contributed by atoms with Gasteiger partial charge in [0.05, 0.1) is 22.5 Å². The predicted molar refractivity (Wildman–Crippen MR) is 142 cm³/mol. The third-order valence-electron chi connectivity index (χ3n) is 6.21. The van der Waals surface area contributed by atoms with E-state index in [0.29, 0.717) is 11.3 Å². The van der Waals surface area contributed by atoms with Crippen molar-refractivity contribution in [1.82, 2.24) is 10.5 Å². The van der Waals surface area contributed by atoms with Crippen molar-refractivity contribution in [1.29, 1.82) is 0 Å². The number of sulfone groups is 1. The van der Waals surface area contributed by atoms with Crippen LogP contribution in [0.2, 0.25) is 0 Å². The highest BCUT2D eigenvalue weighted by atomic mass is 32.2. The van der Waals surface area contributed by atoms with Crippen LogP contribution in [0.1, 0.15) is 27.0 Å². The predicted octanol–water partition coefficient (Wildman–Crippen LogP) is 5.09. The number of methoxy groups -OCH3 is 1. The molecule has 1 aromatic heterocycles. The molecule has 0 saturated carbocycles. The minimum atomic E-state index is -4.99. The van der Waals surface area contributed by atoms with Gasteiger partial charge in [0.25, 0.3) is 5.91 Å². The molecule has 9 nitrogen and oxygen atoms in total. The highest BCUT2D eigenvalue weighted by Gasteiger charge is 2.33. The van der Waals surface area contributed by atoms with Crippen LogP contribution in [0.15, 0.2) is 82.8 Å². The van der Waals surface area contributed by atoms with Crippen LogP contribution in [0, 0.1) is 6.92 Å². The number of aromatic nitrogens is 1. The molecule has 0 unspecified atom stereocenters. The Balaban J connectivity index is 1.90. The molecule has 0 fully saturated rings. The quantitative estimate of drug-likeness (QED) is 0.147. The minimum Gasteiger partial charge on any atom is -0.497 e. The number of halogens is 3. The van der Waals surface area contributed by atoms with Crippen molar-refractivity contribution in [2.75, 3.05) is 12.8 Å². The van der Waals surface area contributed by atoms with E-state index >= 15 is 0 Å². The monoisotopic (exact) mass is 587 g/mol. The number of nitrogen functional groups attached to an aromatic ring is 1. The summed E-state index contributed by atoms with van der Waals surface area (Å²) in [6.45, 7) is 1.45. The summed E-state index contributed by atoms with van der Waals surface area (Å²) >= 11 is 0. The molecule has 13 heteroatoms. The number of ether oxygens (including phenoxy) is 2. The fourth-order valence-corrected chi connectivity index (χ4v) is 6.05. The maximum Gasteiger partial charge on any atom is 0.573 e. The maximum absolute atomic E-state index is 13.6. The molecule has 4 aromatic rings. The lowest BCUT2D eigenvalue weighted by molar-refractivity contribution is -0.274. The lowest BCUT2D eigenvalue weighted by atomic mass is 9.94. The van der Waals surface area contributed by atoms with E-state index in [2.05, 4.69) is 9.72 Å². The van der Waals surface area contributed by atoms with Crippen molar-refractivity contribution in [2.45, 2.75) is 29.5 Å². The van der Waals surface area contributed by atoms with Gasteiger partial charge in [0.15, 0.2) is 0 Å². The van der Waals surface area contributed by atoms with Gasteiger partial charge in [0.2, 0.25) is 9.84 Å². The first-order valence-corrected chi connectivity index (χ1v) is 13.4. The number of nitrogens with one attached hydrogen (secondary N) is 1. The van der Waals surface area contributed by atoms with E-state index in [1.54, 1.807) is 12.1 Å². The number of nitrogens with zero attached hydrogens (tertiary/aromatic N) is 1. The van der Waals surface area contributed by atoms with Crippen LogP contribution >= 0.6 is 0 Å². The summed E-state index contributed by atoms with van der Waals surface area (Å²) in [5.41, 5.74) is 8.48. The molecule has 3 aromatic carbocycles. The molecular weight excluding hydrogens is 563 g/mol. The molecular formula is C28H24F3N3O6S. The summed E-state index contributed by atoms with van der Waals surface area (Å²) in [6, 6.07) is 13.8. The molecule has 4 N–H and O–H groups in total. The Morgan fingerprint density at radius 2 is 1.80 bits per heavy atom. The largest absolute Gasteiger partial charge is 0.573 e. The number of amides is 1. The zero-order chi connectivity index (χ0) is 29.9. The summed E-state index contributed by atoms with van der Waals surface area (Å²) in [6.07, 6.45) is -2.07. The van der Waals surface area contributed by atoms with Gasteiger partial charge in [-0.15, -0.1) is 13.2 Å². The molecule has 0 bridgehead atoms. The van der Waals surface area contributed by atoms with E-state index in [9.17, 15) is 31.6 Å². The first kappa shape index (κ1) is 29.4. The van der Waals surface area contributed by atoms with Crippen LogP contribution < -0.4 is 20.7 Å². The summed E-state index contributed by atoms with van der Waals surface area (Å²) < 4.78 is 76.0. The second-order valence-corrected chi connectivity index (χ2v) is 10.8. The molecule has 0 aliphatic carbocycles. The highest BCUT2D eigenvalue weighted by Crippen LogP contribution is 2.40. The Bertz CT molecular complexity index is 1690. The average Bonchev–Trinajstić information content (AvgIpc) is 2.93. The molecule has 4 rings (SSSR count). The number of anilines is 1. The van der Waals surface area contributed by atoms with Crippen LogP contribution in [-0.4, -0.2) is 38.0 Å². The lowest BCUT2D eigenvalue weighted by Gasteiger charge is -2.19. The first-order valence-electron chi connectivity index (χ1n) is 11.9. The van der Waals surface area contributed by atoms with E-state index < -0.39 is 33.4 Å². The summed E-state index contributed by atoms with van der Waals surface area (Å²) in [5.74, 6) is -1.22. The zero-order valence-corrected chi connectivity index (χ0v) is 22.5. The van der Waals surface area contributed by atoms with Gasteiger partial charge in [-0.3, -0.25) is 15.0 Å². The summed E-state index contributed by atoms with van der Waals surface area (Å²) in [5, 5.41) is 9.41. The number of alkyl halides is 3. The molecule has 0 saturated heterocycles. The first-order chi connectivity index (χ1) is 19.4. The molecule has 0 aliphatic rings. The van der Waals surface area contributed by atoms with Crippen molar-refractivity contribution in [2.24, 2.45) is 0 Å². The number of benzene rings is 3. The van der Waals surface area contributed by atoms with Gasteiger partial charge < -0.3 is 15.2 Å².